The van der Waals surface area contributed by atoms with Gasteiger partial charge in [0.05, 0.1) is 65.2 Å². The minimum atomic E-state index is -4.77. The molecule has 3 amide bonds. The number of aryl methyl sites for hydroxylation is 3. The van der Waals surface area contributed by atoms with E-state index in [4.69, 9.17) is 25.8 Å². The van der Waals surface area contributed by atoms with Gasteiger partial charge >= 0.3 is 42.6 Å². The molecule has 0 fully saturated rings. The number of amides is 3. The Hall–Kier alpha value is -14.4. The summed E-state index contributed by atoms with van der Waals surface area (Å²) in [6, 6.07) is 11.1. The SMILES string of the molecule is CC[C@@H](Nc1cc(F)c(C(=O)N[C@@H](Cc2ccc(-c3c(C)c(C(F)(F)F)cn(C)c3=O)c3ncccc23)C(=O)OC)c(F)c1)C(F)(F)F.CC[C@@H](Nc1cc(F)c(C(=O)N[C@@H](Cc2ccc(-c3c(C)c(Cl)cn(C)c3=O)c3ncccc23)C(=O)OC)c(F)c1)C(F)(F)F.CC[C@@H](Nc1cc(F)c(C(=O)N[C@@H](Cc2ccc(-c3c(C)c(F)cn(C)c3=O)c3ncccc23)C(=O)OC)c(F)c1)C(F)(F)F. The Kier molecular flexibility index (Phi) is 33.1. The van der Waals surface area contributed by atoms with Crippen LogP contribution in [0.4, 0.5) is 100 Å². The van der Waals surface area contributed by atoms with Crippen LogP contribution >= 0.6 is 11.6 Å². The number of carbonyl (C=O) groups excluding carboxylic acids is 6. The number of ether oxygens (including phenoxy) is 3. The van der Waals surface area contributed by atoms with Crippen molar-refractivity contribution in [3.05, 3.63) is 279 Å². The van der Waals surface area contributed by atoms with E-state index in [1.54, 1.807) is 50.4 Å². The number of carbonyl (C=O) groups is 6. The molecule has 0 aliphatic carbocycles. The van der Waals surface area contributed by atoms with E-state index >= 15 is 0 Å². The Bertz CT molecular complexity index is 6570. The van der Waals surface area contributed by atoms with E-state index in [-0.39, 0.29) is 69.1 Å². The maximum Gasteiger partial charge on any atom is 0.418 e. The molecular weight excluding hydrogens is 1890 g/mol. The number of esters is 3. The van der Waals surface area contributed by atoms with Gasteiger partial charge in [-0.05, 0) is 128 Å². The number of anilines is 3. The molecule has 12 rings (SSSR count). The number of methoxy groups -OCH3 is 3. The first-order valence-corrected chi connectivity index (χ1v) is 41.8. The number of halogens is 20. The lowest BCUT2D eigenvalue weighted by atomic mass is 9.92. The van der Waals surface area contributed by atoms with Crippen molar-refractivity contribution in [2.45, 2.75) is 141 Å². The van der Waals surface area contributed by atoms with Crippen molar-refractivity contribution < 1.29 is 126 Å². The van der Waals surface area contributed by atoms with Crippen LogP contribution in [0.5, 0.6) is 0 Å². The first kappa shape index (κ1) is 106. The largest absolute Gasteiger partial charge is 0.467 e. The number of hydrogen-bond donors (Lipinski definition) is 6. The quantitative estimate of drug-likeness (QED) is 0.0158. The summed E-state index contributed by atoms with van der Waals surface area (Å²) in [4.78, 5) is 129. The number of pyridine rings is 6. The lowest BCUT2D eigenvalue weighted by molar-refractivity contribution is -0.143. The van der Waals surface area contributed by atoms with Gasteiger partial charge in [0.25, 0.3) is 34.4 Å². The summed E-state index contributed by atoms with van der Waals surface area (Å²) >= 11 is 6.35. The molecule has 732 valence electrons. The molecule has 0 aliphatic rings. The van der Waals surface area contributed by atoms with E-state index in [2.05, 4.69) is 30.9 Å². The minimum absolute atomic E-state index is 0.0610. The zero-order chi connectivity index (χ0) is 102. The summed E-state index contributed by atoms with van der Waals surface area (Å²) < 4.78 is 281. The van der Waals surface area contributed by atoms with Crippen molar-refractivity contribution in [3.8, 4) is 33.4 Å². The molecule has 0 unspecified atom stereocenters. The molecule has 138 heavy (non-hydrogen) atoms. The summed E-state index contributed by atoms with van der Waals surface area (Å²) in [5.74, 6) is -16.4. The fourth-order valence-electron chi connectivity index (χ4n) is 15.3. The first-order chi connectivity index (χ1) is 64.7. The molecule has 0 radical (unpaired) electrons. The fourth-order valence-corrected chi connectivity index (χ4v) is 15.5. The molecular formula is C94H84ClF19N12O12. The van der Waals surface area contributed by atoms with Crippen molar-refractivity contribution in [2.24, 2.45) is 21.1 Å². The van der Waals surface area contributed by atoms with Gasteiger partial charge in [-0.15, -0.1) is 0 Å². The van der Waals surface area contributed by atoms with Gasteiger partial charge in [-0.3, -0.25) is 43.7 Å². The highest BCUT2D eigenvalue weighted by molar-refractivity contribution is 6.31. The molecule has 6 N–H and O–H groups in total. The number of nitrogens with one attached hydrogen (secondary N) is 6. The molecule has 0 aliphatic heterocycles. The second-order valence-electron chi connectivity index (χ2n) is 31.4. The molecule has 6 heterocycles. The van der Waals surface area contributed by atoms with Crippen LogP contribution in [-0.2, 0) is 75.2 Å². The highest BCUT2D eigenvalue weighted by Gasteiger charge is 2.43. The van der Waals surface area contributed by atoms with Crippen LogP contribution in [0.3, 0.4) is 0 Å². The number of aromatic nitrogens is 6. The summed E-state index contributed by atoms with van der Waals surface area (Å²) in [5, 5.41) is 14.3. The third kappa shape index (κ3) is 23.6. The van der Waals surface area contributed by atoms with Crippen LogP contribution in [0, 0.1) is 61.5 Å². The Morgan fingerprint density at radius 3 is 0.920 bits per heavy atom. The summed E-state index contributed by atoms with van der Waals surface area (Å²) in [7, 11) is 7.23. The number of nitrogens with zero attached hydrogens (tertiary/aromatic N) is 6. The van der Waals surface area contributed by atoms with E-state index in [1.807, 2.05) is 16.0 Å². The first-order valence-electron chi connectivity index (χ1n) is 41.5. The van der Waals surface area contributed by atoms with Gasteiger partial charge in [-0.2, -0.15) is 52.7 Å². The van der Waals surface area contributed by atoms with Crippen molar-refractivity contribution in [1.29, 1.82) is 0 Å². The van der Waals surface area contributed by atoms with Crippen molar-refractivity contribution in [1.82, 2.24) is 44.6 Å². The Labute approximate surface area is 776 Å². The Balaban J connectivity index is 0.000000214. The van der Waals surface area contributed by atoms with Crippen LogP contribution < -0.4 is 48.6 Å². The average molecular weight is 1970 g/mol. The van der Waals surface area contributed by atoms with Gasteiger partial charge < -0.3 is 59.8 Å². The third-order valence-electron chi connectivity index (χ3n) is 22.4. The number of fused-ring (bicyclic) bond motifs is 3. The van der Waals surface area contributed by atoms with Gasteiger partial charge in [0, 0.05) is 127 Å². The van der Waals surface area contributed by atoms with Crippen molar-refractivity contribution >= 4 is 97.0 Å². The normalized spacial score (nSPS) is 13.0. The van der Waals surface area contributed by atoms with Crippen LogP contribution in [0.15, 0.2) is 161 Å². The molecule has 0 saturated carbocycles. The van der Waals surface area contributed by atoms with Gasteiger partial charge in [-0.25, -0.2) is 45.1 Å². The number of hydrogen-bond acceptors (Lipinski definition) is 18. The lowest BCUT2D eigenvalue weighted by Gasteiger charge is -2.22. The van der Waals surface area contributed by atoms with Crippen molar-refractivity contribution in [3.63, 3.8) is 0 Å². The van der Waals surface area contributed by atoms with E-state index in [9.17, 15) is 127 Å². The van der Waals surface area contributed by atoms with E-state index in [0.717, 1.165) is 43.6 Å². The maximum atomic E-state index is 14.9. The van der Waals surface area contributed by atoms with E-state index in [0.29, 0.717) is 103 Å². The molecule has 12 aromatic rings. The molecule has 24 nitrogen and oxygen atoms in total. The lowest BCUT2D eigenvalue weighted by Crippen LogP contribution is -2.43. The topological polar surface area (TPSA) is 307 Å². The molecule has 44 heteroatoms. The summed E-state index contributed by atoms with van der Waals surface area (Å²) in [6.45, 7) is 8.01. The molecule has 0 spiro atoms. The summed E-state index contributed by atoms with van der Waals surface area (Å²) in [5.41, 5.74) is -4.28. The molecule has 0 bridgehead atoms. The van der Waals surface area contributed by atoms with Gasteiger partial charge in [0.15, 0.2) is 0 Å². The van der Waals surface area contributed by atoms with Gasteiger partial charge in [0.2, 0.25) is 0 Å². The predicted molar refractivity (Wildman–Crippen MR) is 473 cm³/mol. The van der Waals surface area contributed by atoms with Crippen LogP contribution in [-0.4, -0.2) is 140 Å². The minimum Gasteiger partial charge on any atom is -0.467 e. The fraction of sp³-hybridized carbons (Fsp3) is 0.298. The zero-order valence-electron chi connectivity index (χ0n) is 74.7. The van der Waals surface area contributed by atoms with E-state index in [1.165, 1.54) is 108 Å². The second kappa shape index (κ2) is 43.3. The zero-order valence-corrected chi connectivity index (χ0v) is 75.5. The Morgan fingerprint density at radius 1 is 0.384 bits per heavy atom. The highest BCUT2D eigenvalue weighted by atomic mass is 35.5. The van der Waals surface area contributed by atoms with Crippen LogP contribution in [0.25, 0.3) is 66.1 Å². The molecule has 6 aromatic heterocycles. The average Bonchev–Trinajstić information content (AvgIpc) is 0.747. The number of rotatable bonds is 27. The maximum absolute atomic E-state index is 14.9. The van der Waals surface area contributed by atoms with Gasteiger partial charge in [0.1, 0.15) is 93.7 Å². The smallest absolute Gasteiger partial charge is 0.418 e. The van der Waals surface area contributed by atoms with E-state index < -0.39 is 207 Å². The predicted octanol–water partition coefficient (Wildman–Crippen LogP) is 18.2. The second-order valence-corrected chi connectivity index (χ2v) is 31.8. The number of alkyl halides is 12. The van der Waals surface area contributed by atoms with Gasteiger partial charge in [-0.1, -0.05) is 87.0 Å². The van der Waals surface area contributed by atoms with Crippen LogP contribution in [0.1, 0.15) is 110 Å². The van der Waals surface area contributed by atoms with Crippen molar-refractivity contribution in [2.75, 3.05) is 37.3 Å². The standard InChI is InChI=1S/C32H28F8N4O4.C31H28ClF5N4O4.C31H28F6N4O4/c1-5-24(32(38,39)40)42-17-12-21(33)26(22(34)13-17)28(45)43-23(30(47)48-4)11-16-8-9-19(27-18(16)7-6-10-41-27)25-15(2)20(31(35,36)37)14-44(3)29(25)46;1-5-24(31(35,36)37)39-17-12-21(33)26(22(34)13-17)28(42)40-23(30(44)45-4)11-16-8-9-19(27-18(16)7-6-10-38-27)25-15(2)20(32)14-41(3)29(25)43;1-5-24(31(35,36)37)39-17-12-20(32)26(21(33)13-17)28(42)40-23(30(44)45-4)11-16-8-9-19(27-18(16)7-6-10-38-27)25-15(2)22(34)14-41(3)29(25)43/h6-10,12-14,23-24,42H,5,11H2,1-4H3,(H,43,45);2*6-10,12-14,23-24,39H,5,11H2,1-4H3,(H,40,42)/t3*23-,24+/m000/s1. The molecule has 6 aromatic carbocycles. The molecule has 6 atom stereocenters. The third-order valence-corrected chi connectivity index (χ3v) is 22.7. The number of benzene rings is 6. The molecule has 0 saturated heterocycles. The highest BCUT2D eigenvalue weighted by Crippen LogP contribution is 2.41. The summed E-state index contributed by atoms with van der Waals surface area (Å²) in [6.07, 6.45) is -13.4. The monoisotopic (exact) mass is 1970 g/mol. The van der Waals surface area contributed by atoms with Crippen LogP contribution in [0.2, 0.25) is 5.02 Å². The Morgan fingerprint density at radius 2 is 0.652 bits per heavy atom.